The molecule has 4 rings (SSSR count). The molecular weight excluding hydrogens is 586 g/mol. The number of hydrogen-bond acceptors (Lipinski definition) is 5. The number of benzene rings is 1. The van der Waals surface area contributed by atoms with E-state index < -0.39 is 35.6 Å². The van der Waals surface area contributed by atoms with Gasteiger partial charge in [-0.05, 0) is 31.7 Å². The van der Waals surface area contributed by atoms with E-state index in [2.05, 4.69) is 29.1 Å². The second-order valence-corrected chi connectivity index (χ2v) is 13.1. The maximum atomic E-state index is 14.6. The number of aliphatic hydroxyl groups excluding tert-OH is 1. The van der Waals surface area contributed by atoms with E-state index in [1.165, 1.54) is 0 Å². The molecule has 3 aliphatic heterocycles. The number of likely N-dealkylation sites (tertiary alicyclic amines) is 1. The van der Waals surface area contributed by atoms with Crippen LogP contribution >= 0.6 is 15.9 Å². The molecular formula is C32H44BrN3O5. The lowest BCUT2D eigenvalue weighted by molar-refractivity contribution is -0.154. The van der Waals surface area contributed by atoms with E-state index in [0.717, 1.165) is 5.56 Å². The summed E-state index contributed by atoms with van der Waals surface area (Å²) in [5.41, 5.74) is -0.215. The molecule has 3 heterocycles. The maximum Gasteiger partial charge on any atom is 0.248 e. The predicted octanol–water partition coefficient (Wildman–Crippen LogP) is 3.78. The zero-order valence-corrected chi connectivity index (χ0v) is 26.2. The van der Waals surface area contributed by atoms with Crippen LogP contribution in [0.1, 0.15) is 46.1 Å². The Bertz CT molecular complexity index is 1150. The smallest absolute Gasteiger partial charge is 0.248 e. The van der Waals surface area contributed by atoms with Crippen molar-refractivity contribution in [2.45, 2.75) is 81.7 Å². The summed E-state index contributed by atoms with van der Waals surface area (Å²) in [7, 11) is 0. The number of ether oxygens (including phenoxy) is 1. The Kier molecular flexibility index (Phi) is 9.81. The molecule has 8 nitrogen and oxygen atoms in total. The molecule has 0 aliphatic carbocycles. The Morgan fingerprint density at radius 2 is 1.83 bits per heavy atom. The van der Waals surface area contributed by atoms with Crippen molar-refractivity contribution in [1.29, 1.82) is 0 Å². The number of carbonyl (C=O) groups excluding carboxylic acids is 3. The molecule has 0 aromatic heterocycles. The van der Waals surface area contributed by atoms with Crippen LogP contribution < -0.4 is 0 Å². The normalized spacial score (nSPS) is 29.8. The van der Waals surface area contributed by atoms with Gasteiger partial charge in [0.1, 0.15) is 11.6 Å². The number of rotatable bonds is 13. The van der Waals surface area contributed by atoms with E-state index in [1.807, 2.05) is 58.0 Å². The second-order valence-electron chi connectivity index (χ2n) is 11.9. The fourth-order valence-corrected chi connectivity index (χ4v) is 8.00. The molecule has 0 saturated carbocycles. The topological polar surface area (TPSA) is 90.4 Å². The molecule has 3 fully saturated rings. The minimum Gasteiger partial charge on any atom is -0.394 e. The van der Waals surface area contributed by atoms with Crippen LogP contribution in [0.2, 0.25) is 0 Å². The van der Waals surface area contributed by atoms with E-state index in [4.69, 9.17) is 4.74 Å². The number of nitrogens with zero attached hydrogens (tertiary/aromatic N) is 3. The van der Waals surface area contributed by atoms with Gasteiger partial charge in [0.15, 0.2) is 0 Å². The molecule has 2 bridgehead atoms. The number of alkyl halides is 1. The average molecular weight is 631 g/mol. The molecule has 8 atom stereocenters. The van der Waals surface area contributed by atoms with Crippen LogP contribution in [0.4, 0.5) is 0 Å². The summed E-state index contributed by atoms with van der Waals surface area (Å²) in [6.45, 7) is 16.3. The highest BCUT2D eigenvalue weighted by atomic mass is 79.9. The molecule has 3 unspecified atom stereocenters. The van der Waals surface area contributed by atoms with Gasteiger partial charge in [-0.3, -0.25) is 14.4 Å². The zero-order chi connectivity index (χ0) is 30.1. The van der Waals surface area contributed by atoms with Gasteiger partial charge in [-0.1, -0.05) is 78.7 Å². The molecule has 0 radical (unpaired) electrons. The third kappa shape index (κ3) is 5.41. The fourth-order valence-electron chi connectivity index (χ4n) is 7.05. The molecule has 1 aromatic rings. The number of fused-ring (bicyclic) bond motifs is 1. The minimum absolute atomic E-state index is 0.0668. The van der Waals surface area contributed by atoms with Crippen LogP contribution in [0.3, 0.4) is 0 Å². The highest BCUT2D eigenvalue weighted by Crippen LogP contribution is 2.61. The number of aliphatic hydroxyl groups is 1. The molecule has 3 aliphatic rings. The molecule has 9 heteroatoms. The van der Waals surface area contributed by atoms with Gasteiger partial charge < -0.3 is 24.5 Å². The maximum absolute atomic E-state index is 14.6. The van der Waals surface area contributed by atoms with Crippen molar-refractivity contribution in [3.63, 3.8) is 0 Å². The van der Waals surface area contributed by atoms with E-state index >= 15 is 0 Å². The Morgan fingerprint density at radius 1 is 1.17 bits per heavy atom. The molecule has 41 heavy (non-hydrogen) atoms. The number of amides is 3. The standard InChI is InChI=1S/C32H44BrN3O5/c1-7-15-34(18-22-13-11-10-12-14-22)29(38)25-26-30(39)36(24(19-37)21(6)9-3)28(31(40)35(16-8-2)20(4)5)32(26)17-23(33)27(25)41-32/h7-8,10-14,20-21,23-28,37H,1-2,9,15-19H2,3-6H3/t21-,23?,24-,25-,26-,27-,28?,32?/m0/s1. The number of hydrogen-bond donors (Lipinski definition) is 1. The van der Waals surface area contributed by atoms with Crippen molar-refractivity contribution >= 4 is 33.7 Å². The molecule has 1 aromatic carbocycles. The first-order valence-electron chi connectivity index (χ1n) is 14.7. The van der Waals surface area contributed by atoms with Crippen LogP contribution in [0.15, 0.2) is 55.6 Å². The molecule has 3 amide bonds. The van der Waals surface area contributed by atoms with Gasteiger partial charge >= 0.3 is 0 Å². The largest absolute Gasteiger partial charge is 0.394 e. The lowest BCUT2D eigenvalue weighted by Gasteiger charge is -2.41. The quantitative estimate of drug-likeness (QED) is 0.265. The minimum atomic E-state index is -1.19. The van der Waals surface area contributed by atoms with Crippen molar-refractivity contribution in [2.75, 3.05) is 19.7 Å². The predicted molar refractivity (Wildman–Crippen MR) is 162 cm³/mol. The Hall–Kier alpha value is -2.49. The lowest BCUT2D eigenvalue weighted by atomic mass is 9.70. The Morgan fingerprint density at radius 3 is 2.39 bits per heavy atom. The van der Waals surface area contributed by atoms with Crippen LogP contribution in [0.5, 0.6) is 0 Å². The van der Waals surface area contributed by atoms with Crippen LogP contribution in [-0.2, 0) is 25.7 Å². The third-order valence-electron chi connectivity index (χ3n) is 9.20. The summed E-state index contributed by atoms with van der Waals surface area (Å²) < 4.78 is 6.72. The van der Waals surface area contributed by atoms with Crippen molar-refractivity contribution in [3.8, 4) is 0 Å². The molecule has 1 spiro atoms. The lowest BCUT2D eigenvalue weighted by Crippen LogP contribution is -2.60. The van der Waals surface area contributed by atoms with E-state index in [1.54, 1.807) is 26.9 Å². The average Bonchev–Trinajstić information content (AvgIpc) is 3.55. The van der Waals surface area contributed by atoms with Crippen molar-refractivity contribution < 1.29 is 24.2 Å². The van der Waals surface area contributed by atoms with Crippen molar-refractivity contribution in [1.82, 2.24) is 14.7 Å². The monoisotopic (exact) mass is 629 g/mol. The summed E-state index contributed by atoms with van der Waals surface area (Å²) in [6, 6.07) is 8.02. The van der Waals surface area contributed by atoms with Crippen LogP contribution in [0.25, 0.3) is 0 Å². The van der Waals surface area contributed by atoms with E-state index in [-0.39, 0.29) is 41.1 Å². The summed E-state index contributed by atoms with van der Waals surface area (Å²) in [5.74, 6) is -2.38. The van der Waals surface area contributed by atoms with Gasteiger partial charge in [0.2, 0.25) is 17.7 Å². The summed E-state index contributed by atoms with van der Waals surface area (Å²) >= 11 is 3.76. The van der Waals surface area contributed by atoms with Crippen molar-refractivity contribution in [3.05, 3.63) is 61.2 Å². The molecule has 224 valence electrons. The zero-order valence-electron chi connectivity index (χ0n) is 24.6. The highest BCUT2D eigenvalue weighted by molar-refractivity contribution is 9.09. The molecule has 3 saturated heterocycles. The fraction of sp³-hybridized carbons (Fsp3) is 0.594. The number of carbonyl (C=O) groups is 3. The summed E-state index contributed by atoms with van der Waals surface area (Å²) in [6.07, 6.45) is 3.94. The van der Waals surface area contributed by atoms with E-state index in [0.29, 0.717) is 32.5 Å². The van der Waals surface area contributed by atoms with Gasteiger partial charge in [-0.25, -0.2) is 0 Å². The number of halogens is 1. The van der Waals surface area contributed by atoms with Gasteiger partial charge in [0.25, 0.3) is 0 Å². The second kappa shape index (κ2) is 12.8. The highest BCUT2D eigenvalue weighted by Gasteiger charge is 2.77. The van der Waals surface area contributed by atoms with Gasteiger partial charge in [0.05, 0.1) is 30.6 Å². The van der Waals surface area contributed by atoms with Crippen LogP contribution in [-0.4, -0.2) is 91.9 Å². The third-order valence-corrected chi connectivity index (χ3v) is 10.0. The first kappa shape index (κ1) is 31.4. The first-order valence-corrected chi connectivity index (χ1v) is 15.6. The van der Waals surface area contributed by atoms with Gasteiger partial charge in [-0.15, -0.1) is 13.2 Å². The van der Waals surface area contributed by atoms with Crippen LogP contribution in [0, 0.1) is 17.8 Å². The first-order chi connectivity index (χ1) is 19.6. The Balaban J connectivity index is 1.81. The SMILES string of the molecule is C=CCN(Cc1ccccc1)C(=O)[C@H]1[C@H]2C(=O)N([C@@H](CO)[C@@H](C)CC)C(C(=O)N(CC=C)C(C)C)C23CC(Br)[C@@H]1O3. The van der Waals surface area contributed by atoms with E-state index in [9.17, 15) is 19.5 Å². The van der Waals surface area contributed by atoms with Crippen molar-refractivity contribution in [2.24, 2.45) is 17.8 Å². The van der Waals surface area contributed by atoms with Gasteiger partial charge in [0, 0.05) is 30.5 Å². The Labute approximate surface area is 252 Å². The summed E-state index contributed by atoms with van der Waals surface area (Å²) in [4.78, 5) is 48.2. The van der Waals surface area contributed by atoms with Gasteiger partial charge in [-0.2, -0.15) is 0 Å². The molecule has 1 N–H and O–H groups in total. The summed E-state index contributed by atoms with van der Waals surface area (Å²) in [5, 5.41) is 10.6.